The van der Waals surface area contributed by atoms with E-state index in [1.807, 2.05) is 54.7 Å². The molecule has 0 saturated carbocycles. The number of carbonyl (C=O) groups is 1. The summed E-state index contributed by atoms with van der Waals surface area (Å²) in [4.78, 5) is 30.3. The number of unbranched alkanes of at least 4 members (excludes halogenated alkanes) is 4. The number of rotatable bonds is 16. The van der Waals surface area contributed by atoms with Crippen molar-refractivity contribution in [3.05, 3.63) is 66.2 Å². The molecule has 0 bridgehead atoms. The minimum atomic E-state index is -5.08. The van der Waals surface area contributed by atoms with Gasteiger partial charge in [0.05, 0.1) is 36.4 Å². The van der Waals surface area contributed by atoms with E-state index < -0.39 is 12.1 Å². The van der Waals surface area contributed by atoms with E-state index in [1.54, 1.807) is 20.4 Å². The summed E-state index contributed by atoms with van der Waals surface area (Å²) in [7, 11) is 11.7. The average molecular weight is 859 g/mol. The second-order valence-electron chi connectivity index (χ2n) is 13.7. The topological polar surface area (TPSA) is 209 Å². The Morgan fingerprint density at radius 3 is 1.70 bits per heavy atom. The number of carboxylic acid groups (broad SMARTS) is 1. The van der Waals surface area contributed by atoms with Crippen molar-refractivity contribution in [1.82, 2.24) is 50.1 Å². The molecule has 0 aliphatic heterocycles. The SMILES string of the molecule is CN(C)CCCCCN.COc1ccccc1-c1[nH]nc2nc(Cl)ncc12.COc1ccccc1-c1[nH]nc2nc(NCCCCCN(C)C)ncc12.O=C(O)C(F)(F)F. The first-order chi connectivity index (χ1) is 28.7. The van der Waals surface area contributed by atoms with E-state index in [0.29, 0.717) is 17.2 Å². The van der Waals surface area contributed by atoms with Crippen molar-refractivity contribution >= 4 is 45.6 Å². The van der Waals surface area contributed by atoms with E-state index in [9.17, 15) is 13.2 Å². The van der Waals surface area contributed by atoms with Gasteiger partial charge in [0.1, 0.15) is 11.5 Å². The van der Waals surface area contributed by atoms with Crippen molar-refractivity contribution in [2.24, 2.45) is 5.73 Å². The number of benzene rings is 2. The van der Waals surface area contributed by atoms with Gasteiger partial charge in [0.15, 0.2) is 11.3 Å². The van der Waals surface area contributed by atoms with Crippen molar-refractivity contribution in [3.8, 4) is 34.0 Å². The van der Waals surface area contributed by atoms with Crippen LogP contribution in [0.25, 0.3) is 44.6 Å². The Bertz CT molecular complexity index is 2180. The number of nitrogens with two attached hydrogens (primary N) is 1. The fourth-order valence-electron chi connectivity index (χ4n) is 5.46. The molecule has 6 aromatic rings. The largest absolute Gasteiger partial charge is 0.496 e. The number of ether oxygens (including phenoxy) is 2. The molecule has 0 spiro atoms. The number of carboxylic acids is 1. The molecule has 2 aromatic carbocycles. The lowest BCUT2D eigenvalue weighted by Crippen LogP contribution is -2.21. The maximum atomic E-state index is 10.6. The van der Waals surface area contributed by atoms with Crippen LogP contribution < -0.4 is 20.5 Å². The fourth-order valence-corrected chi connectivity index (χ4v) is 5.59. The number of hydrogen-bond acceptors (Lipinski definition) is 13. The van der Waals surface area contributed by atoms with Crippen LogP contribution in [-0.4, -0.2) is 136 Å². The zero-order valence-corrected chi connectivity index (χ0v) is 35.4. The number of alkyl halides is 3. The van der Waals surface area contributed by atoms with Crippen LogP contribution in [0.5, 0.6) is 11.5 Å². The van der Waals surface area contributed by atoms with Crippen LogP contribution in [0.2, 0.25) is 5.28 Å². The zero-order valence-electron chi connectivity index (χ0n) is 34.7. The zero-order chi connectivity index (χ0) is 44.1. The molecule has 0 aliphatic carbocycles. The highest BCUT2D eigenvalue weighted by Crippen LogP contribution is 2.33. The summed E-state index contributed by atoms with van der Waals surface area (Å²) in [6, 6.07) is 15.5. The number of aromatic nitrogens is 8. The Kier molecular flexibility index (Phi) is 20.4. The Balaban J connectivity index is 0.000000243. The molecule has 0 radical (unpaired) electrons. The number of halogens is 4. The highest BCUT2D eigenvalue weighted by atomic mass is 35.5. The summed E-state index contributed by atoms with van der Waals surface area (Å²) in [6.07, 6.45) is 5.59. The van der Waals surface area contributed by atoms with E-state index >= 15 is 0 Å². The van der Waals surface area contributed by atoms with E-state index in [1.165, 1.54) is 38.6 Å². The number of para-hydroxylation sites is 2. The third kappa shape index (κ3) is 15.9. The van der Waals surface area contributed by atoms with Gasteiger partial charge >= 0.3 is 12.1 Å². The van der Waals surface area contributed by atoms with Crippen LogP contribution in [0.3, 0.4) is 0 Å². The summed E-state index contributed by atoms with van der Waals surface area (Å²) >= 11 is 5.73. The molecule has 0 aliphatic rings. The van der Waals surface area contributed by atoms with Gasteiger partial charge in [-0.1, -0.05) is 37.1 Å². The second-order valence-corrected chi connectivity index (χ2v) is 14.0. The molecule has 0 unspecified atom stereocenters. The van der Waals surface area contributed by atoms with E-state index in [-0.39, 0.29) is 5.28 Å². The predicted molar refractivity (Wildman–Crippen MR) is 228 cm³/mol. The van der Waals surface area contributed by atoms with Crippen molar-refractivity contribution in [3.63, 3.8) is 0 Å². The molecule has 0 amide bonds. The Morgan fingerprint density at radius 1 is 0.767 bits per heavy atom. The summed E-state index contributed by atoms with van der Waals surface area (Å²) < 4.78 is 42.5. The molecule has 4 aromatic heterocycles. The number of aliphatic carboxylic acids is 1. The third-order valence-electron chi connectivity index (χ3n) is 8.46. The van der Waals surface area contributed by atoms with Crippen molar-refractivity contribution in [2.75, 3.05) is 73.9 Å². The third-order valence-corrected chi connectivity index (χ3v) is 8.65. The van der Waals surface area contributed by atoms with E-state index in [2.05, 4.69) is 83.6 Å². The monoisotopic (exact) mass is 858 g/mol. The summed E-state index contributed by atoms with van der Waals surface area (Å²) in [5.41, 5.74) is 10.1. The molecular weight excluding hydrogens is 805 g/mol. The van der Waals surface area contributed by atoms with Gasteiger partial charge in [0, 0.05) is 30.1 Å². The molecule has 20 heteroatoms. The molecular formula is C40H54ClF3N12O4. The molecule has 0 saturated heterocycles. The maximum absolute atomic E-state index is 10.6. The van der Waals surface area contributed by atoms with Crippen LogP contribution in [0.1, 0.15) is 38.5 Å². The number of nitrogens with one attached hydrogen (secondary N) is 3. The Hall–Kier alpha value is -5.63. The lowest BCUT2D eigenvalue weighted by atomic mass is 10.1. The normalized spacial score (nSPS) is 11.0. The van der Waals surface area contributed by atoms with Crippen LogP contribution in [0.4, 0.5) is 19.1 Å². The molecule has 4 heterocycles. The number of nitrogens with zero attached hydrogens (tertiary/aromatic N) is 8. The first-order valence-corrected chi connectivity index (χ1v) is 19.5. The minimum Gasteiger partial charge on any atom is -0.496 e. The lowest BCUT2D eigenvalue weighted by molar-refractivity contribution is -0.192. The predicted octanol–water partition coefficient (Wildman–Crippen LogP) is 7.16. The van der Waals surface area contributed by atoms with Crippen LogP contribution in [-0.2, 0) is 4.79 Å². The smallest absolute Gasteiger partial charge is 0.490 e. The van der Waals surface area contributed by atoms with Gasteiger partial charge in [-0.25, -0.2) is 14.8 Å². The molecule has 60 heavy (non-hydrogen) atoms. The summed E-state index contributed by atoms with van der Waals surface area (Å²) in [5.74, 6) is -0.591. The van der Waals surface area contributed by atoms with Crippen LogP contribution in [0.15, 0.2) is 60.9 Å². The molecule has 6 N–H and O–H groups in total. The van der Waals surface area contributed by atoms with Crippen LogP contribution >= 0.6 is 11.6 Å². The summed E-state index contributed by atoms with van der Waals surface area (Å²) in [6.45, 7) is 4.03. The number of aromatic amines is 2. The van der Waals surface area contributed by atoms with Gasteiger partial charge in [-0.05, 0) is 109 Å². The van der Waals surface area contributed by atoms with Crippen molar-refractivity contribution in [1.29, 1.82) is 0 Å². The summed E-state index contributed by atoms with van der Waals surface area (Å²) in [5, 5.41) is 26.7. The number of H-pyrrole nitrogens is 2. The van der Waals surface area contributed by atoms with Crippen LogP contribution in [0, 0.1) is 0 Å². The first kappa shape index (κ1) is 48.7. The molecule has 0 fully saturated rings. The highest BCUT2D eigenvalue weighted by molar-refractivity contribution is 6.28. The van der Waals surface area contributed by atoms with Crippen molar-refractivity contribution in [2.45, 2.75) is 44.7 Å². The number of anilines is 1. The molecule has 326 valence electrons. The molecule has 16 nitrogen and oxygen atoms in total. The molecule has 0 atom stereocenters. The van der Waals surface area contributed by atoms with Gasteiger partial charge in [-0.3, -0.25) is 10.2 Å². The van der Waals surface area contributed by atoms with Gasteiger partial charge in [0.25, 0.3) is 0 Å². The fraction of sp³-hybridized carbons (Fsp3) is 0.425. The lowest BCUT2D eigenvalue weighted by Gasteiger charge is -2.09. The number of fused-ring (bicyclic) bond motifs is 2. The number of methoxy groups -OCH3 is 2. The van der Waals surface area contributed by atoms with Gasteiger partial charge in [-0.2, -0.15) is 33.3 Å². The van der Waals surface area contributed by atoms with E-state index in [0.717, 1.165) is 70.8 Å². The highest BCUT2D eigenvalue weighted by Gasteiger charge is 2.38. The van der Waals surface area contributed by atoms with Crippen molar-refractivity contribution < 1.29 is 32.5 Å². The minimum absolute atomic E-state index is 0.181. The second kappa shape index (κ2) is 25.1. The standard InChI is InChI=1S/C19H26N6O.C12H9ClN4O.C7H18N2.C2HF3O2/c1-25(2)12-8-4-7-11-20-19-21-13-15-17(23-24-18(15)22-19)14-9-5-6-10-16(14)26-3;1-18-9-5-3-2-4-7(9)10-8-6-14-12(13)15-11(8)17-16-10;1-9(2)7-5-3-4-6-8;3-2(4,5)1(6)7/h5-6,9-10,13H,4,7-8,11-12H2,1-3H3,(H2,20,21,22,23,24);2-6H,1H3,(H,14,15,16,17);3-8H2,1-2H3;(H,6,7). The molecule has 6 rings (SSSR count). The van der Waals surface area contributed by atoms with E-state index in [4.69, 9.17) is 36.7 Å². The quantitative estimate of drug-likeness (QED) is 0.0483. The van der Waals surface area contributed by atoms with Gasteiger partial charge in [0.2, 0.25) is 11.2 Å². The Labute approximate surface area is 352 Å². The first-order valence-electron chi connectivity index (χ1n) is 19.1. The maximum Gasteiger partial charge on any atom is 0.490 e. The number of hydrogen-bond donors (Lipinski definition) is 5. The average Bonchev–Trinajstić information content (AvgIpc) is 3.84. The Morgan fingerprint density at radius 2 is 1.23 bits per heavy atom. The van der Waals surface area contributed by atoms with Gasteiger partial charge in [-0.15, -0.1) is 0 Å². The van der Waals surface area contributed by atoms with Gasteiger partial charge < -0.3 is 35.4 Å².